The maximum atomic E-state index is 14.0. The molecule has 1 aromatic heterocycles. The van der Waals surface area contributed by atoms with E-state index in [1.165, 1.54) is 18.2 Å². The van der Waals surface area contributed by atoms with Gasteiger partial charge in [0.15, 0.2) is 0 Å². The van der Waals surface area contributed by atoms with E-state index in [1.807, 2.05) is 0 Å². The van der Waals surface area contributed by atoms with Crippen LogP contribution in [0.4, 0.5) is 13.2 Å². The molecule has 1 heterocycles. The molecule has 0 aliphatic carbocycles. The summed E-state index contributed by atoms with van der Waals surface area (Å²) in [6.07, 6.45) is -1.76. The minimum Gasteiger partial charge on any atom is -0.255 e. The highest BCUT2D eigenvalue weighted by Crippen LogP contribution is 2.31. The van der Waals surface area contributed by atoms with Gasteiger partial charge in [0.2, 0.25) is 0 Å². The Morgan fingerprint density at radius 3 is 2.52 bits per heavy atom. The molecule has 4 nitrogen and oxygen atoms in total. The minimum atomic E-state index is -3.54. The van der Waals surface area contributed by atoms with Crippen LogP contribution in [0.25, 0.3) is 0 Å². The van der Waals surface area contributed by atoms with Crippen LogP contribution in [0.15, 0.2) is 50.7 Å². The molecule has 0 spiro atoms. The maximum Gasteiger partial charge on any atom is 0.280 e. The Hall–Kier alpha value is -2.40. The second-order valence-electron chi connectivity index (χ2n) is 6.23. The van der Waals surface area contributed by atoms with Crippen LogP contribution in [-0.2, 0) is 9.73 Å². The zero-order chi connectivity index (χ0) is 18.8. The summed E-state index contributed by atoms with van der Waals surface area (Å²) in [6.45, 7) is 5.02. The number of nitriles is 1. The van der Waals surface area contributed by atoms with Crippen molar-refractivity contribution in [2.24, 2.45) is 4.36 Å². The molecular formula is C17H16F3N3OS. The topological polar surface area (TPSA) is 66.1 Å². The normalized spacial score (nSPS) is 14.0. The molecule has 25 heavy (non-hydrogen) atoms. The fourth-order valence-corrected chi connectivity index (χ4v) is 4.61. The molecule has 1 atom stereocenters. The number of pyridine rings is 1. The number of benzene rings is 1. The second-order valence-corrected chi connectivity index (χ2v) is 8.38. The molecule has 0 fully saturated rings. The van der Waals surface area contributed by atoms with Gasteiger partial charge < -0.3 is 0 Å². The zero-order valence-corrected chi connectivity index (χ0v) is 14.6. The number of rotatable bonds is 3. The highest BCUT2D eigenvalue weighted by Gasteiger charge is 2.26. The van der Waals surface area contributed by atoms with Crippen molar-refractivity contribution < 1.29 is 17.4 Å². The molecule has 0 saturated heterocycles. The van der Waals surface area contributed by atoms with Gasteiger partial charge in [-0.1, -0.05) is 6.07 Å². The van der Waals surface area contributed by atoms with Gasteiger partial charge in [0, 0.05) is 6.20 Å². The summed E-state index contributed by atoms with van der Waals surface area (Å²) in [5, 5.41) is 9.26. The third kappa shape index (κ3) is 3.99. The third-order valence-electron chi connectivity index (χ3n) is 3.08. The fourth-order valence-electron chi connectivity index (χ4n) is 2.18. The quantitative estimate of drug-likeness (QED) is 0.789. The molecule has 1 aromatic carbocycles. The van der Waals surface area contributed by atoms with E-state index in [4.69, 9.17) is 0 Å². The van der Waals surface area contributed by atoms with Crippen molar-refractivity contribution >= 4 is 9.73 Å². The molecule has 0 unspecified atom stereocenters. The van der Waals surface area contributed by atoms with E-state index in [0.717, 1.165) is 18.3 Å². The van der Waals surface area contributed by atoms with Gasteiger partial charge in [-0.05, 0) is 45.0 Å². The van der Waals surface area contributed by atoms with Gasteiger partial charge in [-0.2, -0.15) is 5.26 Å². The van der Waals surface area contributed by atoms with E-state index in [9.17, 15) is 22.6 Å². The van der Waals surface area contributed by atoms with Crippen LogP contribution in [0, 0.1) is 17.1 Å². The lowest BCUT2D eigenvalue weighted by molar-refractivity contribution is 0.146. The Bertz CT molecular complexity index is 952. The van der Waals surface area contributed by atoms with E-state index in [-0.39, 0.29) is 9.79 Å². The van der Waals surface area contributed by atoms with Crippen LogP contribution in [0.1, 0.15) is 38.5 Å². The van der Waals surface area contributed by atoms with Gasteiger partial charge in [0.05, 0.1) is 15.3 Å². The number of nitrogens with zero attached hydrogens (tertiary/aromatic N) is 3. The van der Waals surface area contributed by atoms with Crippen molar-refractivity contribution in [3.05, 3.63) is 53.6 Å². The molecule has 0 bridgehead atoms. The van der Waals surface area contributed by atoms with Crippen LogP contribution in [0.3, 0.4) is 0 Å². The Morgan fingerprint density at radius 2 is 1.96 bits per heavy atom. The predicted octanol–water partition coefficient (Wildman–Crippen LogP) is 4.71. The Balaban J connectivity index is 2.91. The van der Waals surface area contributed by atoms with Gasteiger partial charge in [-0.15, -0.1) is 0 Å². The van der Waals surface area contributed by atoms with Crippen LogP contribution >= 0.6 is 0 Å². The summed E-state index contributed by atoms with van der Waals surface area (Å²) in [6, 6.07) is 7.64. The first-order valence-corrected chi connectivity index (χ1v) is 8.81. The Labute approximate surface area is 144 Å². The highest BCUT2D eigenvalue weighted by molar-refractivity contribution is 7.93. The molecular weight excluding hydrogens is 351 g/mol. The van der Waals surface area contributed by atoms with E-state index >= 15 is 0 Å². The number of hydrogen-bond donors (Lipinski definition) is 0. The van der Waals surface area contributed by atoms with Gasteiger partial charge >= 0.3 is 0 Å². The molecule has 8 heteroatoms. The van der Waals surface area contributed by atoms with E-state index < -0.39 is 38.8 Å². The van der Waals surface area contributed by atoms with Gasteiger partial charge in [-0.25, -0.2) is 21.7 Å². The smallest absolute Gasteiger partial charge is 0.255 e. The molecule has 0 N–H and O–H groups in total. The van der Waals surface area contributed by atoms with Crippen LogP contribution in [0.2, 0.25) is 0 Å². The van der Waals surface area contributed by atoms with Gasteiger partial charge in [-0.3, -0.25) is 4.98 Å². The lowest BCUT2D eigenvalue weighted by atomic mass is 10.1. The Kier molecular flexibility index (Phi) is 5.18. The standard InChI is InChI=1S/C17H16F3N3OS/c1-17(2,3)23-25(24,11-7-8-22-14(9-11)16(19)20)15-6-4-5-13(18)12(15)10-21/h4-9,16H,1-3H3/t25-/m0/s1. The molecule has 0 saturated carbocycles. The van der Waals surface area contributed by atoms with Crippen molar-refractivity contribution in [1.82, 2.24) is 4.98 Å². The first-order valence-electron chi connectivity index (χ1n) is 7.29. The lowest BCUT2D eigenvalue weighted by Gasteiger charge is -2.19. The van der Waals surface area contributed by atoms with Crippen molar-refractivity contribution in [1.29, 1.82) is 5.26 Å². The van der Waals surface area contributed by atoms with E-state index in [0.29, 0.717) is 0 Å². The van der Waals surface area contributed by atoms with Crippen LogP contribution in [0.5, 0.6) is 0 Å². The molecule has 0 aliphatic heterocycles. The monoisotopic (exact) mass is 367 g/mol. The largest absolute Gasteiger partial charge is 0.280 e. The summed E-state index contributed by atoms with van der Waals surface area (Å²) in [5.74, 6) is -0.847. The average Bonchev–Trinajstić information content (AvgIpc) is 2.53. The molecule has 132 valence electrons. The first-order chi connectivity index (χ1) is 11.6. The van der Waals surface area contributed by atoms with Crippen molar-refractivity contribution in [3.63, 3.8) is 0 Å². The fraction of sp³-hybridized carbons (Fsp3) is 0.294. The molecule has 2 aromatic rings. The summed E-state index contributed by atoms with van der Waals surface area (Å²) in [5.41, 5.74) is -1.81. The summed E-state index contributed by atoms with van der Waals surface area (Å²) < 4.78 is 58.0. The molecule has 2 rings (SSSR count). The predicted molar refractivity (Wildman–Crippen MR) is 87.2 cm³/mol. The maximum absolute atomic E-state index is 14.0. The van der Waals surface area contributed by atoms with Gasteiger partial charge in [0.25, 0.3) is 6.43 Å². The second kappa shape index (κ2) is 6.84. The zero-order valence-electron chi connectivity index (χ0n) is 13.8. The number of hydrogen-bond acceptors (Lipinski definition) is 4. The van der Waals surface area contributed by atoms with Gasteiger partial charge in [0.1, 0.15) is 32.9 Å². The lowest BCUT2D eigenvalue weighted by Crippen LogP contribution is -2.16. The Morgan fingerprint density at radius 1 is 1.28 bits per heavy atom. The van der Waals surface area contributed by atoms with E-state index in [1.54, 1.807) is 26.8 Å². The SMILES string of the molecule is CC(C)(C)N=[S@](=O)(c1ccnc(C(F)F)c1)c1cccc(F)c1C#N. The van der Waals surface area contributed by atoms with Crippen LogP contribution in [-0.4, -0.2) is 14.7 Å². The molecule has 0 aliphatic rings. The average molecular weight is 367 g/mol. The number of aromatic nitrogens is 1. The van der Waals surface area contributed by atoms with Crippen LogP contribution < -0.4 is 0 Å². The third-order valence-corrected chi connectivity index (χ3v) is 5.72. The molecule has 0 amide bonds. The molecule has 0 radical (unpaired) electrons. The van der Waals surface area contributed by atoms with Crippen molar-refractivity contribution in [2.75, 3.05) is 0 Å². The number of alkyl halides is 2. The summed E-state index contributed by atoms with van der Waals surface area (Å²) in [7, 11) is -3.54. The van der Waals surface area contributed by atoms with Crippen molar-refractivity contribution in [3.8, 4) is 6.07 Å². The summed E-state index contributed by atoms with van der Waals surface area (Å²) in [4.78, 5) is 3.36. The summed E-state index contributed by atoms with van der Waals surface area (Å²) >= 11 is 0. The highest BCUT2D eigenvalue weighted by atomic mass is 32.2. The first kappa shape index (κ1) is 18.9. The number of halogens is 3. The minimum absolute atomic E-state index is 0.0465. The van der Waals surface area contributed by atoms with E-state index in [2.05, 4.69) is 9.35 Å². The van der Waals surface area contributed by atoms with Crippen molar-refractivity contribution in [2.45, 2.75) is 42.5 Å².